The minimum Gasteiger partial charge on any atom is -0.483 e. The van der Waals surface area contributed by atoms with Crippen LogP contribution in [0.4, 0.5) is 0 Å². The van der Waals surface area contributed by atoms with Crippen molar-refractivity contribution < 1.29 is 44.5 Å². The van der Waals surface area contributed by atoms with Crippen LogP contribution in [-0.4, -0.2) is 80.1 Å². The third-order valence-electron chi connectivity index (χ3n) is 7.26. The van der Waals surface area contributed by atoms with E-state index in [0.29, 0.717) is 30.7 Å². The number of benzene rings is 1. The number of hydrogen-bond acceptors (Lipinski definition) is 9. The lowest BCUT2D eigenvalue weighted by Crippen LogP contribution is -2.61. The van der Waals surface area contributed by atoms with Crippen molar-refractivity contribution in [3.05, 3.63) is 23.3 Å². The zero-order valence-corrected chi connectivity index (χ0v) is 16.8. The van der Waals surface area contributed by atoms with Gasteiger partial charge in [-0.25, -0.2) is 4.79 Å². The summed E-state index contributed by atoms with van der Waals surface area (Å²) in [6.45, 7) is 1.98. The van der Waals surface area contributed by atoms with Crippen molar-refractivity contribution in [2.24, 2.45) is 5.92 Å². The highest BCUT2D eigenvalue weighted by molar-refractivity contribution is 5.91. The predicted octanol–water partition coefficient (Wildman–Crippen LogP) is -0.677. The Bertz CT molecular complexity index is 951. The summed E-state index contributed by atoms with van der Waals surface area (Å²) in [4.78, 5) is 11.4. The van der Waals surface area contributed by atoms with Crippen LogP contribution in [0.25, 0.3) is 0 Å². The lowest BCUT2D eigenvalue weighted by Gasteiger charge is -2.47. The van der Waals surface area contributed by atoms with Crippen LogP contribution in [-0.2, 0) is 21.4 Å². The molecule has 2 fully saturated rings. The van der Waals surface area contributed by atoms with Crippen LogP contribution in [0.3, 0.4) is 0 Å². The number of ether oxygens (including phenoxy) is 3. The Hall–Kier alpha value is -2.24. The Morgan fingerprint density at radius 3 is 2.61 bits per heavy atom. The minimum atomic E-state index is -1.81. The quantitative estimate of drug-likeness (QED) is 0.360. The molecule has 9 atom stereocenters. The molecule has 5 rings (SSSR count). The normalized spacial score (nSPS) is 43.2. The minimum absolute atomic E-state index is 0.0743. The van der Waals surface area contributed by atoms with E-state index in [2.05, 4.69) is 0 Å². The van der Waals surface area contributed by atoms with Crippen LogP contribution in [0, 0.1) is 11.3 Å². The molecule has 1 aromatic carbocycles. The predicted molar refractivity (Wildman–Crippen MR) is 103 cm³/mol. The number of hydrogen-bond donors (Lipinski definition) is 6. The van der Waals surface area contributed by atoms with Gasteiger partial charge in [-0.05, 0) is 24.5 Å². The highest BCUT2D eigenvalue weighted by Crippen LogP contribution is 2.59. The molecule has 4 aliphatic rings. The average Bonchev–Trinajstić information content (AvgIpc) is 3.04. The topological polar surface area (TPSA) is 170 Å². The third-order valence-corrected chi connectivity index (χ3v) is 7.26. The second-order valence-electron chi connectivity index (χ2n) is 9.00. The maximum absolute atomic E-state index is 11.4. The van der Waals surface area contributed by atoms with Gasteiger partial charge in [0.05, 0.1) is 6.10 Å². The largest absolute Gasteiger partial charge is 0.483 e. The zero-order chi connectivity index (χ0) is 22.2. The molecule has 31 heavy (non-hydrogen) atoms. The zero-order valence-electron chi connectivity index (χ0n) is 16.8. The van der Waals surface area contributed by atoms with Crippen LogP contribution >= 0.6 is 0 Å². The van der Waals surface area contributed by atoms with E-state index in [0.717, 1.165) is 11.1 Å². The molecule has 10 heteroatoms. The Labute approximate surface area is 177 Å². The summed E-state index contributed by atoms with van der Waals surface area (Å²) in [6.07, 6.45) is -8.26. The van der Waals surface area contributed by atoms with E-state index >= 15 is 0 Å². The van der Waals surface area contributed by atoms with E-state index in [1.165, 1.54) is 0 Å². The maximum Gasteiger partial charge on any atom is 0.335 e. The van der Waals surface area contributed by atoms with Crippen molar-refractivity contribution in [3.8, 4) is 11.5 Å². The SMILES string of the molecule is CC12c3c4ccc(OC5OC(C(=O)O)C(O)C(O)C5O)c3O[C@H]1[C@@H](O)CCC2C(=N)C4. The number of aliphatic hydroxyl groups excluding tert-OH is 4. The molecule has 0 bridgehead atoms. The second kappa shape index (κ2) is 6.88. The van der Waals surface area contributed by atoms with Gasteiger partial charge in [-0.1, -0.05) is 13.0 Å². The molecular weight excluding hydrogens is 410 g/mol. The molecule has 0 aromatic heterocycles. The highest BCUT2D eigenvalue weighted by atomic mass is 16.7. The molecule has 1 saturated heterocycles. The Kier molecular flexibility index (Phi) is 4.58. The monoisotopic (exact) mass is 435 g/mol. The second-order valence-corrected chi connectivity index (χ2v) is 9.00. The smallest absolute Gasteiger partial charge is 0.335 e. The third kappa shape index (κ3) is 2.76. The number of aliphatic carboxylic acids is 1. The summed E-state index contributed by atoms with van der Waals surface area (Å²) in [5, 5.41) is 58.6. The molecule has 168 valence electrons. The summed E-state index contributed by atoms with van der Waals surface area (Å²) >= 11 is 0. The number of carboxylic acids is 1. The molecule has 2 aliphatic heterocycles. The van der Waals surface area contributed by atoms with Crippen molar-refractivity contribution in [1.82, 2.24) is 0 Å². The Balaban J connectivity index is 1.53. The summed E-state index contributed by atoms with van der Waals surface area (Å²) in [7, 11) is 0. The molecule has 2 aliphatic carbocycles. The lowest BCUT2D eigenvalue weighted by atomic mass is 9.56. The van der Waals surface area contributed by atoms with Gasteiger partial charge in [0.1, 0.15) is 24.4 Å². The van der Waals surface area contributed by atoms with E-state index in [9.17, 15) is 30.3 Å². The summed E-state index contributed by atoms with van der Waals surface area (Å²) in [6, 6.07) is 3.37. The molecule has 1 aromatic rings. The van der Waals surface area contributed by atoms with Gasteiger partial charge in [-0.15, -0.1) is 0 Å². The summed E-state index contributed by atoms with van der Waals surface area (Å²) in [5.41, 5.74) is 1.73. The summed E-state index contributed by atoms with van der Waals surface area (Å²) < 4.78 is 17.2. The first-order chi connectivity index (χ1) is 14.6. The van der Waals surface area contributed by atoms with E-state index < -0.39 is 54.3 Å². The van der Waals surface area contributed by atoms with E-state index in [4.69, 9.17) is 19.6 Å². The van der Waals surface area contributed by atoms with Gasteiger partial charge in [0.15, 0.2) is 17.6 Å². The number of nitrogens with one attached hydrogen (secondary N) is 1. The van der Waals surface area contributed by atoms with Crippen molar-refractivity contribution in [3.63, 3.8) is 0 Å². The van der Waals surface area contributed by atoms with Crippen LogP contribution in [0.2, 0.25) is 0 Å². The molecule has 1 saturated carbocycles. The van der Waals surface area contributed by atoms with Crippen molar-refractivity contribution >= 4 is 11.7 Å². The molecule has 7 unspecified atom stereocenters. The molecular formula is C21H25NO9. The fraction of sp³-hybridized carbons (Fsp3) is 0.619. The van der Waals surface area contributed by atoms with E-state index in [1.54, 1.807) is 12.1 Å². The standard InChI is InChI=1S/C21H25NO9/c1-21-8-3-4-10(23)18(21)30-16-11(5-2-7(12(16)21)6-9(8)22)29-20-15(26)13(24)14(25)17(31-20)19(27)28/h2,5,8,10,13-15,17-18,20,22-26H,3-4,6H2,1H3,(H,27,28)/t8?,10-,13?,14?,15?,17?,18-,20?,21?/m0/s1. The molecule has 0 amide bonds. The average molecular weight is 435 g/mol. The fourth-order valence-corrected chi connectivity index (χ4v) is 5.72. The van der Waals surface area contributed by atoms with Crippen molar-refractivity contribution in [2.45, 2.75) is 74.5 Å². The first kappa shape index (κ1) is 20.7. The van der Waals surface area contributed by atoms with Crippen LogP contribution in [0.1, 0.15) is 30.9 Å². The van der Waals surface area contributed by atoms with Gasteiger partial charge in [0, 0.05) is 29.0 Å². The number of carboxylic acid groups (broad SMARTS) is 1. The van der Waals surface area contributed by atoms with Crippen LogP contribution < -0.4 is 9.47 Å². The molecule has 10 nitrogen and oxygen atoms in total. The molecule has 6 N–H and O–H groups in total. The van der Waals surface area contributed by atoms with Gasteiger partial charge in [-0.2, -0.15) is 0 Å². The van der Waals surface area contributed by atoms with Gasteiger partial charge in [-0.3, -0.25) is 0 Å². The van der Waals surface area contributed by atoms with E-state index in [1.807, 2.05) is 6.92 Å². The van der Waals surface area contributed by atoms with Crippen LogP contribution in [0.5, 0.6) is 11.5 Å². The molecule has 2 heterocycles. The molecule has 0 radical (unpaired) electrons. The molecule has 0 spiro atoms. The van der Waals surface area contributed by atoms with Gasteiger partial charge in [0.25, 0.3) is 0 Å². The first-order valence-electron chi connectivity index (χ1n) is 10.3. The number of rotatable bonds is 3. The van der Waals surface area contributed by atoms with Gasteiger partial charge < -0.3 is 45.2 Å². The van der Waals surface area contributed by atoms with Gasteiger partial charge >= 0.3 is 5.97 Å². The lowest BCUT2D eigenvalue weighted by molar-refractivity contribution is -0.271. The summed E-state index contributed by atoms with van der Waals surface area (Å²) in [5.74, 6) is -1.03. The van der Waals surface area contributed by atoms with Gasteiger partial charge in [0.2, 0.25) is 6.29 Å². The maximum atomic E-state index is 11.4. The highest BCUT2D eigenvalue weighted by Gasteiger charge is 2.60. The Morgan fingerprint density at radius 2 is 1.90 bits per heavy atom. The number of carbonyl (C=O) groups is 1. The fourth-order valence-electron chi connectivity index (χ4n) is 5.72. The van der Waals surface area contributed by atoms with Crippen molar-refractivity contribution in [2.75, 3.05) is 0 Å². The van der Waals surface area contributed by atoms with Crippen LogP contribution in [0.15, 0.2) is 12.1 Å². The first-order valence-corrected chi connectivity index (χ1v) is 10.3. The van der Waals surface area contributed by atoms with E-state index in [-0.39, 0.29) is 11.7 Å². The Morgan fingerprint density at radius 1 is 1.16 bits per heavy atom. The number of aliphatic hydroxyl groups is 4. The van der Waals surface area contributed by atoms with Crippen molar-refractivity contribution in [1.29, 1.82) is 5.41 Å².